The Balaban J connectivity index is 1.98. The van der Waals surface area contributed by atoms with E-state index in [0.717, 1.165) is 16.1 Å². The van der Waals surface area contributed by atoms with Crippen LogP contribution in [-0.2, 0) is 0 Å². The van der Waals surface area contributed by atoms with Gasteiger partial charge in [-0.25, -0.2) is 9.18 Å². The number of nitrogens with zero attached hydrogens (tertiary/aromatic N) is 3. The fourth-order valence-corrected chi connectivity index (χ4v) is 3.49. The van der Waals surface area contributed by atoms with Crippen LogP contribution in [0.2, 0.25) is 5.02 Å². The third kappa shape index (κ3) is 3.48. The smallest absolute Gasteiger partial charge is 0.320 e. The summed E-state index contributed by atoms with van der Waals surface area (Å²) < 4.78 is 15.1. The molecule has 0 aliphatic carbocycles. The predicted molar refractivity (Wildman–Crippen MR) is 90.2 cm³/mol. The van der Waals surface area contributed by atoms with Crippen molar-refractivity contribution >= 4 is 29.0 Å². The SMILES string of the molecule is Cc1cn(-c2ccc(C)c(Cl)c2)/c(=N/C(=O)N2CCC(F)C2)s1. The fourth-order valence-electron chi connectivity index (χ4n) is 2.49. The Labute approximate surface area is 142 Å². The van der Waals surface area contributed by atoms with E-state index < -0.39 is 6.17 Å². The van der Waals surface area contributed by atoms with Crippen LogP contribution in [0.5, 0.6) is 0 Å². The summed E-state index contributed by atoms with van der Waals surface area (Å²) in [6, 6.07) is 5.32. The first kappa shape index (κ1) is 16.2. The van der Waals surface area contributed by atoms with Gasteiger partial charge in [0.25, 0.3) is 0 Å². The van der Waals surface area contributed by atoms with E-state index in [0.29, 0.717) is 22.8 Å². The number of benzene rings is 1. The molecule has 1 fully saturated rings. The van der Waals surface area contributed by atoms with Gasteiger partial charge in [-0.2, -0.15) is 4.99 Å². The molecule has 1 aromatic carbocycles. The van der Waals surface area contributed by atoms with Gasteiger partial charge in [0.2, 0.25) is 0 Å². The van der Waals surface area contributed by atoms with Gasteiger partial charge in [0, 0.05) is 28.3 Å². The second-order valence-electron chi connectivity index (χ2n) is 5.65. The van der Waals surface area contributed by atoms with Crippen molar-refractivity contribution < 1.29 is 9.18 Å². The van der Waals surface area contributed by atoms with E-state index in [1.165, 1.54) is 16.2 Å². The van der Waals surface area contributed by atoms with Crippen LogP contribution in [0.4, 0.5) is 9.18 Å². The zero-order valence-electron chi connectivity index (χ0n) is 12.9. The zero-order chi connectivity index (χ0) is 16.6. The maximum atomic E-state index is 13.3. The van der Waals surface area contributed by atoms with Crippen LogP contribution in [0.1, 0.15) is 16.9 Å². The lowest BCUT2D eigenvalue weighted by Gasteiger charge is -2.11. The van der Waals surface area contributed by atoms with Crippen molar-refractivity contribution in [1.29, 1.82) is 0 Å². The largest absolute Gasteiger partial charge is 0.346 e. The highest BCUT2D eigenvalue weighted by molar-refractivity contribution is 7.09. The van der Waals surface area contributed by atoms with Crippen molar-refractivity contribution in [2.24, 2.45) is 4.99 Å². The molecule has 0 N–H and O–H groups in total. The molecule has 2 aromatic rings. The van der Waals surface area contributed by atoms with Gasteiger partial charge in [0.1, 0.15) is 6.17 Å². The average Bonchev–Trinajstić information content (AvgIpc) is 3.08. The number of carbonyl (C=O) groups excluding carboxylic acids is 1. The maximum absolute atomic E-state index is 13.3. The molecule has 1 atom stereocenters. The van der Waals surface area contributed by atoms with Gasteiger partial charge in [0.15, 0.2) is 4.80 Å². The number of alkyl halides is 1. The van der Waals surface area contributed by atoms with Crippen LogP contribution < -0.4 is 4.80 Å². The van der Waals surface area contributed by atoms with E-state index in [1.54, 1.807) is 0 Å². The van der Waals surface area contributed by atoms with Crippen LogP contribution >= 0.6 is 22.9 Å². The Kier molecular flexibility index (Phi) is 4.55. The quantitative estimate of drug-likeness (QED) is 0.766. The van der Waals surface area contributed by atoms with E-state index >= 15 is 0 Å². The van der Waals surface area contributed by atoms with Gasteiger partial charge >= 0.3 is 6.03 Å². The molecule has 4 nitrogen and oxygen atoms in total. The second kappa shape index (κ2) is 6.45. The summed E-state index contributed by atoms with van der Waals surface area (Å²) in [4.78, 5) is 19.5. The number of thiazole rings is 1. The molecule has 1 aliphatic rings. The summed E-state index contributed by atoms with van der Waals surface area (Å²) in [7, 11) is 0. The topological polar surface area (TPSA) is 37.6 Å². The summed E-state index contributed by atoms with van der Waals surface area (Å²) in [5.74, 6) is 0. The zero-order valence-corrected chi connectivity index (χ0v) is 14.5. The first-order valence-electron chi connectivity index (χ1n) is 7.37. The molecule has 122 valence electrons. The van der Waals surface area contributed by atoms with E-state index in [9.17, 15) is 9.18 Å². The number of urea groups is 1. The average molecular weight is 354 g/mol. The normalized spacial score (nSPS) is 18.7. The number of hydrogen-bond donors (Lipinski definition) is 0. The van der Waals surface area contributed by atoms with Crippen molar-refractivity contribution in [2.75, 3.05) is 13.1 Å². The molecule has 23 heavy (non-hydrogen) atoms. The molecule has 2 amide bonds. The minimum atomic E-state index is -0.942. The van der Waals surface area contributed by atoms with Crippen molar-refractivity contribution in [3.05, 3.63) is 44.7 Å². The van der Waals surface area contributed by atoms with Gasteiger partial charge in [-0.1, -0.05) is 17.7 Å². The fraction of sp³-hybridized carbons (Fsp3) is 0.375. The van der Waals surface area contributed by atoms with Gasteiger partial charge in [0.05, 0.1) is 6.54 Å². The first-order valence-corrected chi connectivity index (χ1v) is 8.57. The first-order chi connectivity index (χ1) is 10.9. The van der Waals surface area contributed by atoms with Crippen LogP contribution in [0.25, 0.3) is 5.69 Å². The number of hydrogen-bond acceptors (Lipinski definition) is 2. The highest BCUT2D eigenvalue weighted by atomic mass is 35.5. The molecule has 2 heterocycles. The minimum Gasteiger partial charge on any atom is -0.320 e. The predicted octanol–water partition coefficient (Wildman–Crippen LogP) is 3.87. The number of halogens is 2. The van der Waals surface area contributed by atoms with E-state index in [-0.39, 0.29) is 12.6 Å². The third-order valence-corrected chi connectivity index (χ3v) is 5.10. The highest BCUT2D eigenvalue weighted by Crippen LogP contribution is 2.20. The second-order valence-corrected chi connectivity index (χ2v) is 7.27. The summed E-state index contributed by atoms with van der Waals surface area (Å²) in [5.41, 5.74) is 1.84. The molecular weight excluding hydrogens is 337 g/mol. The molecule has 1 saturated heterocycles. The van der Waals surface area contributed by atoms with E-state index in [1.807, 2.05) is 42.8 Å². The molecule has 0 radical (unpaired) electrons. The third-order valence-electron chi connectivity index (χ3n) is 3.80. The van der Waals surface area contributed by atoms with Crippen LogP contribution in [-0.4, -0.2) is 34.8 Å². The molecule has 3 rings (SSSR count). The summed E-state index contributed by atoms with van der Waals surface area (Å²) in [5, 5.41) is 0.663. The maximum Gasteiger partial charge on any atom is 0.346 e. The van der Waals surface area contributed by atoms with Crippen molar-refractivity contribution in [3.8, 4) is 5.69 Å². The van der Waals surface area contributed by atoms with Crippen molar-refractivity contribution in [2.45, 2.75) is 26.4 Å². The van der Waals surface area contributed by atoms with Crippen molar-refractivity contribution in [1.82, 2.24) is 9.47 Å². The monoisotopic (exact) mass is 353 g/mol. The molecule has 7 heteroatoms. The van der Waals surface area contributed by atoms with Crippen LogP contribution in [0, 0.1) is 13.8 Å². The number of aromatic nitrogens is 1. The van der Waals surface area contributed by atoms with E-state index in [4.69, 9.17) is 11.6 Å². The molecule has 1 aromatic heterocycles. The van der Waals surface area contributed by atoms with Gasteiger partial charge < -0.3 is 4.90 Å². The van der Waals surface area contributed by atoms with E-state index in [2.05, 4.69) is 4.99 Å². The number of amides is 2. The summed E-state index contributed by atoms with van der Waals surface area (Å²) in [6.07, 6.45) is 1.36. The highest BCUT2D eigenvalue weighted by Gasteiger charge is 2.25. The van der Waals surface area contributed by atoms with Gasteiger partial charge in [-0.3, -0.25) is 4.57 Å². The number of likely N-dealkylation sites (tertiary alicyclic amines) is 1. The lowest BCUT2D eigenvalue weighted by molar-refractivity contribution is 0.213. The van der Waals surface area contributed by atoms with Crippen molar-refractivity contribution in [3.63, 3.8) is 0 Å². The van der Waals surface area contributed by atoms with Gasteiger partial charge in [-0.15, -0.1) is 11.3 Å². The summed E-state index contributed by atoms with van der Waals surface area (Å²) >= 11 is 7.61. The molecule has 1 unspecified atom stereocenters. The Morgan fingerprint density at radius 3 is 2.87 bits per heavy atom. The number of rotatable bonds is 1. The Morgan fingerprint density at radius 2 is 2.22 bits per heavy atom. The number of carbonyl (C=O) groups is 1. The molecule has 1 aliphatic heterocycles. The van der Waals surface area contributed by atoms with Gasteiger partial charge in [-0.05, 0) is 38.0 Å². The molecular formula is C16H17ClFN3OS. The number of aryl methyl sites for hydroxylation is 2. The summed E-state index contributed by atoms with van der Waals surface area (Å²) in [6.45, 7) is 4.44. The lowest BCUT2D eigenvalue weighted by Crippen LogP contribution is -2.28. The standard InChI is InChI=1S/C16H17ClFN3OS/c1-10-3-4-13(7-14(10)17)21-8-11(2)23-16(21)19-15(22)20-6-5-12(18)9-20/h3-4,7-8,12H,5-6,9H2,1-2H3/b19-16-. The Hall–Kier alpha value is -1.66. The minimum absolute atomic E-state index is 0.128. The Morgan fingerprint density at radius 1 is 1.43 bits per heavy atom. The lowest BCUT2D eigenvalue weighted by atomic mass is 10.2. The van der Waals surface area contributed by atoms with Crippen LogP contribution in [0.15, 0.2) is 29.4 Å². The molecule has 0 spiro atoms. The Bertz CT molecular complexity index is 814. The van der Waals surface area contributed by atoms with Crippen LogP contribution in [0.3, 0.4) is 0 Å². The molecule has 0 bridgehead atoms. The molecule has 0 saturated carbocycles.